The molecule has 0 aliphatic heterocycles. The molecule has 1 atom stereocenters. The van der Waals surface area contributed by atoms with Crippen LogP contribution in [0.25, 0.3) is 0 Å². The SMILES string of the molecule is COc1ccc(C(CNC(=O)Nc2ccccc2C(F)(F)F)N(C)C)cc1. The molecule has 2 aromatic rings. The van der Waals surface area contributed by atoms with Crippen LogP contribution in [-0.2, 0) is 6.18 Å². The minimum Gasteiger partial charge on any atom is -0.497 e. The molecular weight excluding hydrogens is 359 g/mol. The van der Waals surface area contributed by atoms with Gasteiger partial charge in [-0.05, 0) is 43.9 Å². The fourth-order valence-electron chi connectivity index (χ4n) is 2.62. The number of amides is 2. The number of halogens is 3. The third kappa shape index (κ3) is 5.62. The molecule has 8 heteroatoms. The molecule has 0 fully saturated rings. The maximum Gasteiger partial charge on any atom is 0.418 e. The van der Waals surface area contributed by atoms with Gasteiger partial charge in [0.1, 0.15) is 5.75 Å². The zero-order chi connectivity index (χ0) is 20.0. The lowest BCUT2D eigenvalue weighted by molar-refractivity contribution is -0.136. The van der Waals surface area contributed by atoms with E-state index in [1.807, 2.05) is 43.3 Å². The van der Waals surface area contributed by atoms with Crippen molar-refractivity contribution >= 4 is 11.7 Å². The first-order valence-corrected chi connectivity index (χ1v) is 8.24. The monoisotopic (exact) mass is 381 g/mol. The molecule has 0 aromatic heterocycles. The molecule has 0 aliphatic rings. The Kier molecular flexibility index (Phi) is 6.68. The number of para-hydroxylation sites is 1. The van der Waals surface area contributed by atoms with Crippen LogP contribution in [0.2, 0.25) is 0 Å². The Morgan fingerprint density at radius 1 is 1.11 bits per heavy atom. The van der Waals surface area contributed by atoms with Gasteiger partial charge in [0.05, 0.1) is 24.4 Å². The summed E-state index contributed by atoms with van der Waals surface area (Å²) in [6.07, 6.45) is -4.54. The Hall–Kier alpha value is -2.74. The first kappa shape index (κ1) is 20.6. The number of ether oxygens (including phenoxy) is 1. The third-order valence-electron chi connectivity index (χ3n) is 4.06. The first-order valence-electron chi connectivity index (χ1n) is 8.24. The van der Waals surface area contributed by atoms with Gasteiger partial charge in [0.15, 0.2) is 0 Å². The van der Waals surface area contributed by atoms with Crippen LogP contribution in [0.3, 0.4) is 0 Å². The summed E-state index contributed by atoms with van der Waals surface area (Å²) in [5, 5.41) is 4.90. The Bertz CT molecular complexity index is 762. The van der Waals surface area contributed by atoms with Crippen LogP contribution in [0.5, 0.6) is 5.75 Å². The molecule has 0 aliphatic carbocycles. The number of carbonyl (C=O) groups is 1. The van der Waals surface area contributed by atoms with Crippen molar-refractivity contribution in [1.29, 1.82) is 0 Å². The second kappa shape index (κ2) is 8.77. The summed E-state index contributed by atoms with van der Waals surface area (Å²) < 4.78 is 44.2. The summed E-state index contributed by atoms with van der Waals surface area (Å²) >= 11 is 0. The predicted octanol–water partition coefficient (Wildman–Crippen LogP) is 4.14. The largest absolute Gasteiger partial charge is 0.497 e. The van der Waals surface area contributed by atoms with Crippen LogP contribution in [0, 0.1) is 0 Å². The number of methoxy groups -OCH3 is 1. The van der Waals surface area contributed by atoms with E-state index < -0.39 is 17.8 Å². The number of rotatable bonds is 6. The lowest BCUT2D eigenvalue weighted by Gasteiger charge is -2.25. The molecule has 0 radical (unpaired) electrons. The van der Waals surface area contributed by atoms with E-state index in [1.165, 1.54) is 18.2 Å². The molecule has 1 unspecified atom stereocenters. The Balaban J connectivity index is 2.04. The number of anilines is 1. The highest BCUT2D eigenvalue weighted by Crippen LogP contribution is 2.34. The van der Waals surface area contributed by atoms with Crippen LogP contribution < -0.4 is 15.4 Å². The van der Waals surface area contributed by atoms with Crippen molar-refractivity contribution in [2.45, 2.75) is 12.2 Å². The summed E-state index contributed by atoms with van der Waals surface area (Å²) in [4.78, 5) is 14.0. The van der Waals surface area contributed by atoms with Gasteiger partial charge in [-0.15, -0.1) is 0 Å². The molecule has 0 saturated carbocycles. The molecule has 2 aromatic carbocycles. The normalized spacial score (nSPS) is 12.6. The molecule has 146 valence electrons. The Labute approximate surface area is 156 Å². The zero-order valence-electron chi connectivity index (χ0n) is 15.3. The maximum absolute atomic E-state index is 13.0. The minimum absolute atomic E-state index is 0.153. The predicted molar refractivity (Wildman–Crippen MR) is 97.9 cm³/mol. The lowest BCUT2D eigenvalue weighted by atomic mass is 10.1. The number of nitrogens with one attached hydrogen (secondary N) is 2. The molecule has 0 bridgehead atoms. The molecular formula is C19H22F3N3O2. The molecule has 5 nitrogen and oxygen atoms in total. The van der Waals surface area contributed by atoms with E-state index in [0.717, 1.165) is 11.6 Å². The van der Waals surface area contributed by atoms with Crippen LogP contribution in [0.1, 0.15) is 17.2 Å². The summed E-state index contributed by atoms with van der Waals surface area (Å²) in [5.74, 6) is 0.714. The highest BCUT2D eigenvalue weighted by molar-refractivity contribution is 5.90. The first-order chi connectivity index (χ1) is 12.7. The number of nitrogens with zero attached hydrogens (tertiary/aromatic N) is 1. The molecule has 2 amide bonds. The summed E-state index contributed by atoms with van der Waals surface area (Å²) in [7, 11) is 5.28. The molecule has 0 spiro atoms. The minimum atomic E-state index is -4.54. The lowest BCUT2D eigenvalue weighted by Crippen LogP contribution is -2.37. The van der Waals surface area contributed by atoms with Gasteiger partial charge in [0, 0.05) is 6.54 Å². The van der Waals surface area contributed by atoms with Gasteiger partial charge in [0.2, 0.25) is 0 Å². The van der Waals surface area contributed by atoms with Crippen molar-refractivity contribution < 1.29 is 22.7 Å². The molecule has 27 heavy (non-hydrogen) atoms. The second-order valence-corrected chi connectivity index (χ2v) is 6.13. The van der Waals surface area contributed by atoms with Crippen molar-refractivity contribution in [2.24, 2.45) is 0 Å². The third-order valence-corrected chi connectivity index (χ3v) is 4.06. The topological polar surface area (TPSA) is 53.6 Å². The number of hydrogen-bond donors (Lipinski definition) is 2. The van der Waals surface area contributed by atoms with Crippen molar-refractivity contribution in [3.05, 3.63) is 59.7 Å². The van der Waals surface area contributed by atoms with Gasteiger partial charge >= 0.3 is 12.2 Å². The van der Waals surface area contributed by atoms with Gasteiger partial charge in [-0.3, -0.25) is 0 Å². The Morgan fingerprint density at radius 3 is 2.30 bits per heavy atom. The van der Waals surface area contributed by atoms with Gasteiger partial charge in [0.25, 0.3) is 0 Å². The van der Waals surface area contributed by atoms with Crippen molar-refractivity contribution in [2.75, 3.05) is 33.1 Å². The fraction of sp³-hybridized carbons (Fsp3) is 0.316. The average Bonchev–Trinajstić information content (AvgIpc) is 2.61. The summed E-state index contributed by atoms with van der Waals surface area (Å²) in [5.41, 5.74) is -0.232. The highest BCUT2D eigenvalue weighted by Gasteiger charge is 2.33. The molecule has 0 heterocycles. The quantitative estimate of drug-likeness (QED) is 0.791. The highest BCUT2D eigenvalue weighted by atomic mass is 19.4. The summed E-state index contributed by atoms with van der Waals surface area (Å²) in [6, 6.07) is 11.4. The van der Waals surface area contributed by atoms with E-state index in [-0.39, 0.29) is 18.3 Å². The molecule has 2 rings (SSSR count). The number of likely N-dealkylation sites (N-methyl/N-ethyl adjacent to an activating group) is 1. The molecule has 0 saturated heterocycles. The van der Waals surface area contributed by atoms with E-state index in [1.54, 1.807) is 7.11 Å². The van der Waals surface area contributed by atoms with E-state index in [0.29, 0.717) is 5.75 Å². The zero-order valence-corrected chi connectivity index (χ0v) is 15.3. The average molecular weight is 381 g/mol. The van der Waals surface area contributed by atoms with Gasteiger partial charge < -0.3 is 20.3 Å². The van der Waals surface area contributed by atoms with Gasteiger partial charge in [-0.1, -0.05) is 24.3 Å². The van der Waals surface area contributed by atoms with E-state index in [9.17, 15) is 18.0 Å². The smallest absolute Gasteiger partial charge is 0.418 e. The standard InChI is InChI=1S/C19H22F3N3O2/c1-25(2)17(13-8-10-14(27-3)11-9-13)12-23-18(26)24-16-7-5-4-6-15(16)19(20,21)22/h4-11,17H,12H2,1-3H3,(H2,23,24,26). The Morgan fingerprint density at radius 2 is 1.74 bits per heavy atom. The number of alkyl halides is 3. The van der Waals surface area contributed by atoms with Crippen molar-refractivity contribution in [3.8, 4) is 5.75 Å². The fourth-order valence-corrected chi connectivity index (χ4v) is 2.62. The van der Waals surface area contributed by atoms with Crippen LogP contribution in [0.4, 0.5) is 23.7 Å². The van der Waals surface area contributed by atoms with Crippen LogP contribution >= 0.6 is 0 Å². The summed E-state index contributed by atoms with van der Waals surface area (Å²) in [6.45, 7) is 0.222. The number of carbonyl (C=O) groups excluding carboxylic acids is 1. The van der Waals surface area contributed by atoms with Gasteiger partial charge in [-0.25, -0.2) is 4.79 Å². The van der Waals surface area contributed by atoms with E-state index in [4.69, 9.17) is 4.74 Å². The van der Waals surface area contributed by atoms with E-state index in [2.05, 4.69) is 10.6 Å². The number of benzene rings is 2. The van der Waals surface area contributed by atoms with E-state index >= 15 is 0 Å². The van der Waals surface area contributed by atoms with Crippen molar-refractivity contribution in [1.82, 2.24) is 10.2 Å². The van der Waals surface area contributed by atoms with Gasteiger partial charge in [-0.2, -0.15) is 13.2 Å². The van der Waals surface area contributed by atoms with Crippen molar-refractivity contribution in [3.63, 3.8) is 0 Å². The van der Waals surface area contributed by atoms with Crippen LogP contribution in [-0.4, -0.2) is 38.7 Å². The van der Waals surface area contributed by atoms with Crippen LogP contribution in [0.15, 0.2) is 48.5 Å². The molecule has 2 N–H and O–H groups in total. The number of urea groups is 1. The number of hydrogen-bond acceptors (Lipinski definition) is 3. The second-order valence-electron chi connectivity index (χ2n) is 6.13. The maximum atomic E-state index is 13.0.